The van der Waals surface area contributed by atoms with Gasteiger partial charge in [-0.15, -0.1) is 0 Å². The fourth-order valence-electron chi connectivity index (χ4n) is 2.44. The van der Waals surface area contributed by atoms with Crippen molar-refractivity contribution in [3.63, 3.8) is 0 Å². The molecule has 0 saturated carbocycles. The van der Waals surface area contributed by atoms with E-state index in [-0.39, 0.29) is 5.91 Å². The number of hydrogen-bond acceptors (Lipinski definition) is 5. The van der Waals surface area contributed by atoms with Gasteiger partial charge in [-0.05, 0) is 48.9 Å². The summed E-state index contributed by atoms with van der Waals surface area (Å²) in [5, 5.41) is 2.74. The summed E-state index contributed by atoms with van der Waals surface area (Å²) in [6.07, 6.45) is 4.80. The van der Waals surface area contributed by atoms with Crippen molar-refractivity contribution in [1.82, 2.24) is 0 Å². The Labute approximate surface area is 165 Å². The van der Waals surface area contributed by atoms with Crippen molar-refractivity contribution in [3.05, 3.63) is 59.7 Å². The Bertz CT molecular complexity index is 845. The average molecular weight is 383 g/mol. The summed E-state index contributed by atoms with van der Waals surface area (Å²) >= 11 is 0. The van der Waals surface area contributed by atoms with Gasteiger partial charge in [-0.2, -0.15) is 0 Å². The van der Waals surface area contributed by atoms with Gasteiger partial charge in [0.15, 0.2) is 0 Å². The first-order valence-corrected chi connectivity index (χ1v) is 9.05. The molecule has 0 aliphatic rings. The Morgan fingerprint density at radius 2 is 1.89 bits per heavy atom. The molecule has 6 nitrogen and oxygen atoms in total. The Hall–Kier alpha value is -3.28. The van der Waals surface area contributed by atoms with E-state index >= 15 is 0 Å². The molecule has 0 aliphatic heterocycles. The van der Waals surface area contributed by atoms with Gasteiger partial charge in [-0.25, -0.2) is 4.79 Å². The summed E-state index contributed by atoms with van der Waals surface area (Å²) < 4.78 is 15.7. The van der Waals surface area contributed by atoms with Crippen molar-refractivity contribution < 1.29 is 23.8 Å². The molecular formula is C22H25NO5. The van der Waals surface area contributed by atoms with Crippen molar-refractivity contribution in [2.45, 2.75) is 19.8 Å². The number of rotatable bonds is 9. The van der Waals surface area contributed by atoms with Crippen molar-refractivity contribution in [2.75, 3.05) is 26.1 Å². The van der Waals surface area contributed by atoms with Crippen LogP contribution >= 0.6 is 0 Å². The highest BCUT2D eigenvalue weighted by Gasteiger charge is 2.09. The molecule has 148 valence electrons. The van der Waals surface area contributed by atoms with Crippen LogP contribution in [0.15, 0.2) is 48.5 Å². The van der Waals surface area contributed by atoms with Crippen LogP contribution < -0.4 is 14.8 Å². The molecule has 0 aromatic heterocycles. The Morgan fingerprint density at radius 1 is 1.07 bits per heavy atom. The van der Waals surface area contributed by atoms with Gasteiger partial charge < -0.3 is 19.5 Å². The zero-order chi connectivity index (χ0) is 20.4. The lowest BCUT2D eigenvalue weighted by Crippen LogP contribution is -2.10. The van der Waals surface area contributed by atoms with Crippen LogP contribution in [0.4, 0.5) is 5.69 Å². The number of ether oxygens (including phenoxy) is 3. The fourth-order valence-corrected chi connectivity index (χ4v) is 2.44. The summed E-state index contributed by atoms with van der Waals surface area (Å²) in [6, 6.07) is 12.0. The van der Waals surface area contributed by atoms with Gasteiger partial charge in [0.1, 0.15) is 11.5 Å². The first kappa shape index (κ1) is 21.0. The number of carbonyl (C=O) groups excluding carboxylic acids is 2. The molecule has 2 aromatic rings. The number of amides is 1. The molecule has 2 rings (SSSR count). The summed E-state index contributed by atoms with van der Waals surface area (Å²) in [7, 11) is 3.13. The molecule has 0 fully saturated rings. The molecule has 0 heterocycles. The minimum absolute atomic E-state index is 0.332. The summed E-state index contributed by atoms with van der Waals surface area (Å²) in [6.45, 7) is 2.41. The predicted octanol–water partition coefficient (Wildman–Crippen LogP) is 4.31. The predicted molar refractivity (Wildman–Crippen MR) is 109 cm³/mol. The van der Waals surface area contributed by atoms with E-state index in [9.17, 15) is 9.59 Å². The van der Waals surface area contributed by atoms with E-state index in [0.29, 0.717) is 34.9 Å². The zero-order valence-electron chi connectivity index (χ0n) is 16.4. The third-order valence-corrected chi connectivity index (χ3v) is 3.95. The Kier molecular flexibility index (Phi) is 8.09. The SMILES string of the molecule is CCCCOC(=O)c1cccc(NC(=O)C=Cc2cc(OC)ccc2OC)c1. The number of unbranched alkanes of at least 4 members (excludes halogenated alkanes) is 1. The minimum atomic E-state index is -0.402. The van der Waals surface area contributed by atoms with E-state index in [0.717, 1.165) is 12.8 Å². The normalized spacial score (nSPS) is 10.5. The maximum absolute atomic E-state index is 12.2. The standard InChI is InChI=1S/C22H25NO5/c1-4-5-13-28-22(25)17-7-6-8-18(14-17)23-21(24)12-9-16-15-19(26-2)10-11-20(16)27-3/h6-12,14-15H,4-5,13H2,1-3H3,(H,23,24). The van der Waals surface area contributed by atoms with E-state index in [1.165, 1.54) is 6.08 Å². The van der Waals surface area contributed by atoms with Crippen LogP contribution in [0, 0.1) is 0 Å². The molecule has 0 aliphatic carbocycles. The van der Waals surface area contributed by atoms with E-state index < -0.39 is 5.97 Å². The van der Waals surface area contributed by atoms with Crippen molar-refractivity contribution in [3.8, 4) is 11.5 Å². The topological polar surface area (TPSA) is 73.9 Å². The number of anilines is 1. The van der Waals surface area contributed by atoms with Crippen LogP contribution in [0.2, 0.25) is 0 Å². The number of benzene rings is 2. The van der Waals surface area contributed by atoms with Gasteiger partial charge in [-0.1, -0.05) is 19.4 Å². The quantitative estimate of drug-likeness (QED) is 0.397. The van der Waals surface area contributed by atoms with Crippen LogP contribution in [-0.2, 0) is 9.53 Å². The molecule has 0 spiro atoms. The molecule has 0 radical (unpaired) electrons. The highest BCUT2D eigenvalue weighted by Crippen LogP contribution is 2.25. The Morgan fingerprint density at radius 3 is 2.61 bits per heavy atom. The number of nitrogens with one attached hydrogen (secondary N) is 1. The number of esters is 1. The first-order chi connectivity index (χ1) is 13.6. The fraction of sp³-hybridized carbons (Fsp3) is 0.273. The third kappa shape index (κ3) is 6.16. The van der Waals surface area contributed by atoms with Gasteiger partial charge in [0.2, 0.25) is 5.91 Å². The van der Waals surface area contributed by atoms with E-state index in [4.69, 9.17) is 14.2 Å². The van der Waals surface area contributed by atoms with Crippen LogP contribution in [0.3, 0.4) is 0 Å². The highest BCUT2D eigenvalue weighted by molar-refractivity contribution is 6.02. The van der Waals surface area contributed by atoms with Gasteiger partial charge >= 0.3 is 5.97 Å². The molecule has 0 bridgehead atoms. The minimum Gasteiger partial charge on any atom is -0.497 e. The maximum atomic E-state index is 12.2. The smallest absolute Gasteiger partial charge is 0.338 e. The number of carbonyl (C=O) groups is 2. The van der Waals surface area contributed by atoms with Crippen LogP contribution in [-0.4, -0.2) is 32.7 Å². The molecule has 1 N–H and O–H groups in total. The van der Waals surface area contributed by atoms with E-state index in [2.05, 4.69) is 5.32 Å². The van der Waals surface area contributed by atoms with Crippen LogP contribution in [0.5, 0.6) is 11.5 Å². The van der Waals surface area contributed by atoms with E-state index in [1.807, 2.05) is 6.92 Å². The molecule has 6 heteroatoms. The van der Waals surface area contributed by atoms with Gasteiger partial charge in [0.05, 0.1) is 26.4 Å². The van der Waals surface area contributed by atoms with Crippen molar-refractivity contribution in [2.24, 2.45) is 0 Å². The van der Waals surface area contributed by atoms with Gasteiger partial charge in [0.25, 0.3) is 0 Å². The molecule has 2 aromatic carbocycles. The molecule has 0 unspecified atom stereocenters. The number of methoxy groups -OCH3 is 2. The highest BCUT2D eigenvalue weighted by atomic mass is 16.5. The summed E-state index contributed by atoms with van der Waals surface area (Å²) in [4.78, 5) is 24.3. The van der Waals surface area contributed by atoms with Crippen LogP contribution in [0.25, 0.3) is 6.08 Å². The second-order valence-corrected chi connectivity index (χ2v) is 6.00. The lowest BCUT2D eigenvalue weighted by Gasteiger charge is -2.08. The van der Waals surface area contributed by atoms with Crippen LogP contribution in [0.1, 0.15) is 35.7 Å². The summed E-state index contributed by atoms with van der Waals surface area (Å²) in [5.41, 5.74) is 1.62. The second kappa shape index (κ2) is 10.8. The largest absolute Gasteiger partial charge is 0.497 e. The molecule has 28 heavy (non-hydrogen) atoms. The van der Waals surface area contributed by atoms with Gasteiger partial charge in [0, 0.05) is 17.3 Å². The second-order valence-electron chi connectivity index (χ2n) is 6.00. The van der Waals surface area contributed by atoms with E-state index in [1.54, 1.807) is 62.8 Å². The zero-order valence-corrected chi connectivity index (χ0v) is 16.4. The van der Waals surface area contributed by atoms with Crippen molar-refractivity contribution in [1.29, 1.82) is 0 Å². The van der Waals surface area contributed by atoms with Crippen molar-refractivity contribution >= 4 is 23.6 Å². The molecule has 0 atom stereocenters. The molecule has 0 saturated heterocycles. The monoisotopic (exact) mass is 383 g/mol. The first-order valence-electron chi connectivity index (χ1n) is 9.05. The third-order valence-electron chi connectivity index (χ3n) is 3.95. The molecule has 1 amide bonds. The van der Waals surface area contributed by atoms with Gasteiger partial charge in [-0.3, -0.25) is 4.79 Å². The average Bonchev–Trinajstić information content (AvgIpc) is 2.72. The maximum Gasteiger partial charge on any atom is 0.338 e. The number of hydrogen-bond donors (Lipinski definition) is 1. The summed E-state index contributed by atoms with van der Waals surface area (Å²) in [5.74, 6) is 0.555. The Balaban J connectivity index is 2.04. The lowest BCUT2D eigenvalue weighted by atomic mass is 10.1. The molecular weight excluding hydrogens is 358 g/mol. The lowest BCUT2D eigenvalue weighted by molar-refractivity contribution is -0.111.